The van der Waals surface area contributed by atoms with Gasteiger partial charge in [0.05, 0.1) is 18.7 Å². The second-order valence-corrected chi connectivity index (χ2v) is 6.61. The zero-order chi connectivity index (χ0) is 13.9. The third-order valence-corrected chi connectivity index (χ3v) is 4.41. The van der Waals surface area contributed by atoms with Gasteiger partial charge in [0.1, 0.15) is 0 Å². The summed E-state index contributed by atoms with van der Waals surface area (Å²) in [6, 6.07) is 3.86. The van der Waals surface area contributed by atoms with Gasteiger partial charge >= 0.3 is 5.97 Å². The van der Waals surface area contributed by atoms with Crippen molar-refractivity contribution in [3.63, 3.8) is 0 Å². The molecule has 0 aliphatic rings. The number of benzene rings is 1. The lowest BCUT2D eigenvalue weighted by molar-refractivity contribution is -0.145. The molecule has 2 unspecified atom stereocenters. The lowest BCUT2D eigenvalue weighted by atomic mass is 10.0. The predicted octanol–water partition coefficient (Wildman–Crippen LogP) is 4.58. The number of rotatable bonds is 4. The van der Waals surface area contributed by atoms with Gasteiger partial charge in [-0.05, 0) is 57.8 Å². The second kappa shape index (κ2) is 6.91. The van der Waals surface area contributed by atoms with Crippen molar-refractivity contribution in [2.45, 2.75) is 19.9 Å². The second-order valence-electron chi connectivity index (χ2n) is 3.99. The highest BCUT2D eigenvalue weighted by atomic mass is 79.9. The molecule has 18 heavy (non-hydrogen) atoms. The summed E-state index contributed by atoms with van der Waals surface area (Å²) in [5, 5.41) is 3.31. The van der Waals surface area contributed by atoms with E-state index in [-0.39, 0.29) is 17.9 Å². The molecule has 1 aromatic carbocycles. The molecule has 0 bridgehead atoms. The molecule has 0 saturated heterocycles. The van der Waals surface area contributed by atoms with E-state index in [0.29, 0.717) is 0 Å². The number of anilines is 1. The Balaban J connectivity index is 2.88. The molecule has 2 atom stereocenters. The predicted molar refractivity (Wildman–Crippen MR) is 83.8 cm³/mol. The van der Waals surface area contributed by atoms with E-state index in [1.807, 2.05) is 26.0 Å². The summed E-state index contributed by atoms with van der Waals surface area (Å²) in [4.78, 5) is 11.5. The zero-order valence-electron chi connectivity index (χ0n) is 10.3. The lowest BCUT2D eigenvalue weighted by Gasteiger charge is -2.22. The van der Waals surface area contributed by atoms with Crippen LogP contribution in [0.4, 0.5) is 5.69 Å². The number of methoxy groups -OCH3 is 1. The first-order valence-corrected chi connectivity index (χ1v) is 7.73. The van der Waals surface area contributed by atoms with Crippen LogP contribution >= 0.6 is 47.8 Å². The molecule has 0 aliphatic heterocycles. The fraction of sp³-hybridized carbons (Fsp3) is 0.417. The average molecular weight is 444 g/mol. The van der Waals surface area contributed by atoms with Crippen LogP contribution in [-0.2, 0) is 9.53 Å². The van der Waals surface area contributed by atoms with Crippen LogP contribution in [0.5, 0.6) is 0 Å². The number of carbonyl (C=O) groups excluding carboxylic acids is 1. The monoisotopic (exact) mass is 441 g/mol. The first-order chi connectivity index (χ1) is 8.36. The summed E-state index contributed by atoms with van der Waals surface area (Å²) in [7, 11) is 1.40. The highest BCUT2D eigenvalue weighted by Gasteiger charge is 2.22. The van der Waals surface area contributed by atoms with Crippen LogP contribution in [-0.4, -0.2) is 19.1 Å². The van der Waals surface area contributed by atoms with Gasteiger partial charge in [0.2, 0.25) is 0 Å². The minimum absolute atomic E-state index is 0.0359. The lowest BCUT2D eigenvalue weighted by Crippen LogP contribution is -2.31. The van der Waals surface area contributed by atoms with Gasteiger partial charge in [0.15, 0.2) is 0 Å². The number of halogens is 3. The number of esters is 1. The molecule has 0 heterocycles. The molecular weight excluding hydrogens is 430 g/mol. The van der Waals surface area contributed by atoms with Crippen LogP contribution in [0.2, 0.25) is 0 Å². The fourth-order valence-electron chi connectivity index (χ4n) is 1.42. The Morgan fingerprint density at radius 2 is 1.72 bits per heavy atom. The maximum absolute atomic E-state index is 11.5. The molecule has 1 rings (SSSR count). The average Bonchev–Trinajstić information content (AvgIpc) is 2.31. The van der Waals surface area contributed by atoms with Gasteiger partial charge < -0.3 is 10.1 Å². The van der Waals surface area contributed by atoms with Crippen molar-refractivity contribution in [2.24, 2.45) is 5.92 Å². The van der Waals surface area contributed by atoms with E-state index in [9.17, 15) is 4.79 Å². The number of hydrogen-bond donors (Lipinski definition) is 1. The molecule has 1 aromatic rings. The Labute approximate surface area is 132 Å². The summed E-state index contributed by atoms with van der Waals surface area (Å²) in [6.07, 6.45) is 0. The number of nitrogens with one attached hydrogen (secondary N) is 1. The van der Waals surface area contributed by atoms with Crippen molar-refractivity contribution in [1.29, 1.82) is 0 Å². The molecule has 0 saturated carbocycles. The van der Waals surface area contributed by atoms with Crippen LogP contribution in [0.25, 0.3) is 0 Å². The number of carbonyl (C=O) groups is 1. The van der Waals surface area contributed by atoms with Crippen LogP contribution in [0.1, 0.15) is 13.8 Å². The molecule has 6 heteroatoms. The molecule has 0 radical (unpaired) electrons. The third-order valence-electron chi connectivity index (χ3n) is 2.70. The standard InChI is InChI=1S/C12H14Br3NO2/c1-6(12(17)18-3)7(2)16-11-9(14)4-8(13)5-10(11)15/h4-7,16H,1-3H3. The highest BCUT2D eigenvalue weighted by molar-refractivity contribution is 9.11. The highest BCUT2D eigenvalue weighted by Crippen LogP contribution is 2.35. The van der Waals surface area contributed by atoms with Crippen LogP contribution in [0.3, 0.4) is 0 Å². The van der Waals surface area contributed by atoms with Crippen molar-refractivity contribution in [1.82, 2.24) is 0 Å². The summed E-state index contributed by atoms with van der Waals surface area (Å²) < 4.78 is 7.56. The van der Waals surface area contributed by atoms with Gasteiger partial charge in [-0.25, -0.2) is 0 Å². The van der Waals surface area contributed by atoms with Crippen molar-refractivity contribution in [3.05, 3.63) is 25.6 Å². The van der Waals surface area contributed by atoms with E-state index in [1.165, 1.54) is 7.11 Å². The van der Waals surface area contributed by atoms with Crippen molar-refractivity contribution in [2.75, 3.05) is 12.4 Å². The molecule has 0 spiro atoms. The largest absolute Gasteiger partial charge is 0.469 e. The van der Waals surface area contributed by atoms with Gasteiger partial charge in [-0.15, -0.1) is 0 Å². The van der Waals surface area contributed by atoms with Gasteiger partial charge in [0, 0.05) is 19.5 Å². The first-order valence-electron chi connectivity index (χ1n) is 5.35. The first kappa shape index (κ1) is 16.0. The van der Waals surface area contributed by atoms with E-state index in [1.54, 1.807) is 0 Å². The summed E-state index contributed by atoms with van der Waals surface area (Å²) in [6.45, 7) is 3.78. The maximum Gasteiger partial charge on any atom is 0.310 e. The Kier molecular flexibility index (Phi) is 6.14. The topological polar surface area (TPSA) is 38.3 Å². The Morgan fingerprint density at radius 3 is 2.17 bits per heavy atom. The Morgan fingerprint density at radius 1 is 1.22 bits per heavy atom. The van der Waals surface area contributed by atoms with E-state index in [4.69, 9.17) is 4.74 Å². The molecule has 0 amide bonds. The number of hydrogen-bond acceptors (Lipinski definition) is 3. The van der Waals surface area contributed by atoms with Crippen LogP contribution in [0, 0.1) is 5.92 Å². The van der Waals surface area contributed by atoms with E-state index >= 15 is 0 Å². The van der Waals surface area contributed by atoms with Gasteiger partial charge in [0.25, 0.3) is 0 Å². The summed E-state index contributed by atoms with van der Waals surface area (Å²) in [5.74, 6) is -0.447. The van der Waals surface area contributed by atoms with Gasteiger partial charge in [-0.1, -0.05) is 15.9 Å². The molecular formula is C12H14Br3NO2. The van der Waals surface area contributed by atoms with Gasteiger partial charge in [-0.2, -0.15) is 0 Å². The molecule has 0 aliphatic carbocycles. The van der Waals surface area contributed by atoms with Crippen molar-refractivity contribution < 1.29 is 9.53 Å². The van der Waals surface area contributed by atoms with Crippen LogP contribution < -0.4 is 5.32 Å². The summed E-state index contributed by atoms with van der Waals surface area (Å²) in [5.41, 5.74) is 0.918. The molecule has 0 aromatic heterocycles. The smallest absolute Gasteiger partial charge is 0.310 e. The minimum Gasteiger partial charge on any atom is -0.469 e. The molecule has 3 nitrogen and oxygen atoms in total. The molecule has 1 N–H and O–H groups in total. The van der Waals surface area contributed by atoms with Crippen molar-refractivity contribution in [3.8, 4) is 0 Å². The van der Waals surface area contributed by atoms with Gasteiger partial charge in [-0.3, -0.25) is 4.79 Å². The van der Waals surface area contributed by atoms with E-state index in [2.05, 4.69) is 53.1 Å². The molecule has 100 valence electrons. The SMILES string of the molecule is COC(=O)C(C)C(C)Nc1c(Br)cc(Br)cc1Br. The minimum atomic E-state index is -0.225. The number of ether oxygens (including phenoxy) is 1. The maximum atomic E-state index is 11.5. The normalized spacial score (nSPS) is 13.9. The van der Waals surface area contributed by atoms with E-state index < -0.39 is 0 Å². The zero-order valence-corrected chi connectivity index (χ0v) is 15.0. The molecule has 0 fully saturated rings. The van der Waals surface area contributed by atoms with Crippen molar-refractivity contribution >= 4 is 59.4 Å². The fourth-order valence-corrected chi connectivity index (χ4v) is 3.91. The third kappa shape index (κ3) is 3.96. The van der Waals surface area contributed by atoms with Crippen LogP contribution in [0.15, 0.2) is 25.6 Å². The Hall–Kier alpha value is -0.0700. The van der Waals surface area contributed by atoms with E-state index in [0.717, 1.165) is 19.1 Å². The Bertz CT molecular complexity index is 428. The summed E-state index contributed by atoms with van der Waals surface area (Å²) >= 11 is 10.4. The quantitative estimate of drug-likeness (QED) is 0.692.